The first-order valence-electron chi connectivity index (χ1n) is 8.93. The van der Waals surface area contributed by atoms with Crippen molar-refractivity contribution in [1.29, 1.82) is 0 Å². The van der Waals surface area contributed by atoms with Crippen LogP contribution in [0.4, 0.5) is 0 Å². The van der Waals surface area contributed by atoms with Gasteiger partial charge in [0.15, 0.2) is 0 Å². The lowest BCUT2D eigenvalue weighted by Gasteiger charge is -2.19. The molecule has 29 heavy (non-hydrogen) atoms. The monoisotopic (exact) mass is 429 g/mol. The SMILES string of the molecule is O=C(NCc1ccccn1)C(Cc1ccccc1)NS(=O)(=O)c1ccc(Cl)cc1. The lowest BCUT2D eigenvalue weighted by molar-refractivity contribution is -0.122. The van der Waals surface area contributed by atoms with E-state index >= 15 is 0 Å². The summed E-state index contributed by atoms with van der Waals surface area (Å²) in [5.41, 5.74) is 1.52. The molecule has 2 aromatic carbocycles. The molecule has 6 nitrogen and oxygen atoms in total. The maximum atomic E-state index is 12.8. The smallest absolute Gasteiger partial charge is 0.241 e. The van der Waals surface area contributed by atoms with E-state index in [2.05, 4.69) is 15.0 Å². The van der Waals surface area contributed by atoms with Crippen LogP contribution in [0.25, 0.3) is 0 Å². The normalized spacial score (nSPS) is 12.3. The maximum absolute atomic E-state index is 12.8. The van der Waals surface area contributed by atoms with Gasteiger partial charge in [0.2, 0.25) is 15.9 Å². The summed E-state index contributed by atoms with van der Waals surface area (Å²) in [6.07, 6.45) is 1.84. The molecular weight excluding hydrogens is 410 g/mol. The Labute approximate surface area is 175 Å². The summed E-state index contributed by atoms with van der Waals surface area (Å²) < 4.78 is 28.1. The third-order valence-corrected chi connectivity index (χ3v) is 5.93. The highest BCUT2D eigenvalue weighted by Crippen LogP contribution is 2.15. The minimum atomic E-state index is -3.91. The van der Waals surface area contributed by atoms with Crippen molar-refractivity contribution in [1.82, 2.24) is 15.0 Å². The van der Waals surface area contributed by atoms with Crippen LogP contribution in [0.5, 0.6) is 0 Å². The fraction of sp³-hybridized carbons (Fsp3) is 0.143. The molecule has 0 fully saturated rings. The Balaban J connectivity index is 1.78. The fourth-order valence-corrected chi connectivity index (χ4v) is 4.03. The third-order valence-electron chi connectivity index (χ3n) is 4.19. The topological polar surface area (TPSA) is 88.2 Å². The predicted molar refractivity (Wildman–Crippen MR) is 112 cm³/mol. The van der Waals surface area contributed by atoms with E-state index in [4.69, 9.17) is 11.6 Å². The second kappa shape index (κ2) is 9.65. The van der Waals surface area contributed by atoms with Crippen LogP contribution in [-0.4, -0.2) is 25.4 Å². The Bertz CT molecular complexity index is 1040. The number of amides is 1. The largest absolute Gasteiger partial charge is 0.349 e. The van der Waals surface area contributed by atoms with E-state index in [-0.39, 0.29) is 17.9 Å². The number of nitrogens with zero attached hydrogens (tertiary/aromatic N) is 1. The Morgan fingerprint density at radius 3 is 2.31 bits per heavy atom. The molecule has 1 atom stereocenters. The Kier molecular flexibility index (Phi) is 6.98. The molecule has 0 aliphatic rings. The highest BCUT2D eigenvalue weighted by Gasteiger charge is 2.26. The van der Waals surface area contributed by atoms with Gasteiger partial charge in [0.25, 0.3) is 0 Å². The van der Waals surface area contributed by atoms with Crippen molar-refractivity contribution < 1.29 is 13.2 Å². The fourth-order valence-electron chi connectivity index (χ4n) is 2.71. The number of pyridine rings is 1. The van der Waals surface area contributed by atoms with Crippen LogP contribution in [-0.2, 0) is 27.8 Å². The molecule has 0 saturated carbocycles. The standard InChI is InChI=1S/C21H20ClN3O3S/c22-17-9-11-19(12-10-17)29(27,28)25-20(14-16-6-2-1-3-7-16)21(26)24-15-18-8-4-5-13-23-18/h1-13,20,25H,14-15H2,(H,24,26). The molecule has 0 radical (unpaired) electrons. The van der Waals surface area contributed by atoms with E-state index in [9.17, 15) is 13.2 Å². The Hall–Kier alpha value is -2.74. The van der Waals surface area contributed by atoms with Crippen molar-refractivity contribution >= 4 is 27.5 Å². The minimum absolute atomic E-state index is 0.0393. The van der Waals surface area contributed by atoms with Crippen LogP contribution in [0.3, 0.4) is 0 Å². The number of carbonyl (C=O) groups excluding carboxylic acids is 1. The van der Waals surface area contributed by atoms with Gasteiger partial charge in [-0.2, -0.15) is 4.72 Å². The van der Waals surface area contributed by atoms with Crippen molar-refractivity contribution in [3.05, 3.63) is 95.3 Å². The van der Waals surface area contributed by atoms with Gasteiger partial charge in [0.1, 0.15) is 6.04 Å². The van der Waals surface area contributed by atoms with Crippen molar-refractivity contribution in [2.45, 2.75) is 23.9 Å². The minimum Gasteiger partial charge on any atom is -0.349 e. The highest BCUT2D eigenvalue weighted by atomic mass is 35.5. The van der Waals surface area contributed by atoms with Crippen LogP contribution in [0.1, 0.15) is 11.3 Å². The summed E-state index contributed by atoms with van der Waals surface area (Å²) in [4.78, 5) is 17.0. The van der Waals surface area contributed by atoms with Crippen molar-refractivity contribution in [2.75, 3.05) is 0 Å². The van der Waals surface area contributed by atoms with Crippen LogP contribution in [0.2, 0.25) is 5.02 Å². The second-order valence-corrected chi connectivity index (χ2v) is 8.51. The molecular formula is C21H20ClN3O3S. The van der Waals surface area contributed by atoms with Gasteiger partial charge < -0.3 is 5.32 Å². The number of aromatic nitrogens is 1. The molecule has 0 spiro atoms. The van der Waals surface area contributed by atoms with Gasteiger partial charge in [-0.1, -0.05) is 48.0 Å². The molecule has 150 valence electrons. The summed E-state index contributed by atoms with van der Waals surface area (Å²) >= 11 is 5.84. The number of halogens is 1. The van der Waals surface area contributed by atoms with Crippen LogP contribution < -0.4 is 10.0 Å². The molecule has 3 aromatic rings. The van der Waals surface area contributed by atoms with Crippen molar-refractivity contribution in [3.8, 4) is 0 Å². The molecule has 0 saturated heterocycles. The number of sulfonamides is 1. The average Bonchev–Trinajstić information content (AvgIpc) is 2.73. The van der Waals surface area contributed by atoms with Gasteiger partial charge in [-0.05, 0) is 48.4 Å². The first-order chi connectivity index (χ1) is 13.9. The molecule has 1 heterocycles. The molecule has 0 aliphatic carbocycles. The highest BCUT2D eigenvalue weighted by molar-refractivity contribution is 7.89. The van der Waals surface area contributed by atoms with Gasteiger partial charge in [0, 0.05) is 11.2 Å². The quantitative estimate of drug-likeness (QED) is 0.576. The lowest BCUT2D eigenvalue weighted by Crippen LogP contribution is -2.47. The van der Waals surface area contributed by atoms with Crippen LogP contribution in [0.15, 0.2) is 83.9 Å². The number of hydrogen-bond acceptors (Lipinski definition) is 4. The summed E-state index contributed by atoms with van der Waals surface area (Å²) in [7, 11) is -3.91. The summed E-state index contributed by atoms with van der Waals surface area (Å²) in [6, 6.07) is 19.4. The van der Waals surface area contributed by atoms with Gasteiger partial charge in [-0.3, -0.25) is 9.78 Å². The third kappa shape index (κ3) is 6.12. The Morgan fingerprint density at radius 2 is 1.66 bits per heavy atom. The van der Waals surface area contributed by atoms with Crippen molar-refractivity contribution in [2.24, 2.45) is 0 Å². The number of rotatable bonds is 8. The molecule has 0 bridgehead atoms. The number of carbonyl (C=O) groups is 1. The molecule has 8 heteroatoms. The zero-order valence-electron chi connectivity index (χ0n) is 15.5. The number of hydrogen-bond donors (Lipinski definition) is 2. The number of nitrogens with one attached hydrogen (secondary N) is 2. The van der Waals surface area contributed by atoms with E-state index in [0.717, 1.165) is 5.56 Å². The summed E-state index contributed by atoms with van der Waals surface area (Å²) in [5, 5.41) is 3.18. The van der Waals surface area contributed by atoms with Crippen LogP contribution >= 0.6 is 11.6 Å². The first kappa shape index (κ1) is 21.0. The van der Waals surface area contributed by atoms with E-state index in [0.29, 0.717) is 10.7 Å². The van der Waals surface area contributed by atoms with E-state index in [1.54, 1.807) is 18.3 Å². The molecule has 1 unspecified atom stereocenters. The van der Waals surface area contributed by atoms with Gasteiger partial charge >= 0.3 is 0 Å². The maximum Gasteiger partial charge on any atom is 0.241 e. The first-order valence-corrected chi connectivity index (χ1v) is 10.8. The second-order valence-electron chi connectivity index (χ2n) is 6.36. The molecule has 0 aliphatic heterocycles. The molecule has 2 N–H and O–H groups in total. The summed E-state index contributed by atoms with van der Waals surface area (Å²) in [5.74, 6) is -0.433. The summed E-state index contributed by atoms with van der Waals surface area (Å²) in [6.45, 7) is 0.202. The lowest BCUT2D eigenvalue weighted by atomic mass is 10.1. The van der Waals surface area contributed by atoms with Gasteiger partial charge in [0.05, 0.1) is 17.1 Å². The molecule has 3 rings (SSSR count). The molecule has 1 aromatic heterocycles. The molecule has 1 amide bonds. The number of benzene rings is 2. The van der Waals surface area contributed by atoms with Crippen LogP contribution in [0, 0.1) is 0 Å². The van der Waals surface area contributed by atoms with E-state index in [1.807, 2.05) is 36.4 Å². The Morgan fingerprint density at radius 1 is 0.966 bits per heavy atom. The average molecular weight is 430 g/mol. The predicted octanol–water partition coefficient (Wildman–Crippen LogP) is 2.94. The van der Waals surface area contributed by atoms with E-state index < -0.39 is 22.0 Å². The zero-order chi connectivity index (χ0) is 20.7. The van der Waals surface area contributed by atoms with Crippen molar-refractivity contribution in [3.63, 3.8) is 0 Å². The van der Waals surface area contributed by atoms with E-state index in [1.165, 1.54) is 24.3 Å². The van der Waals surface area contributed by atoms with Gasteiger partial charge in [-0.25, -0.2) is 8.42 Å². The zero-order valence-corrected chi connectivity index (χ0v) is 17.0. The van der Waals surface area contributed by atoms with Gasteiger partial charge in [-0.15, -0.1) is 0 Å².